The van der Waals surface area contributed by atoms with Crippen LogP contribution in [-0.4, -0.2) is 48.6 Å². The fraction of sp³-hybridized carbons (Fsp3) is 0.500. The molecule has 7 heteroatoms. The summed E-state index contributed by atoms with van der Waals surface area (Å²) in [4.78, 5) is 10.8. The van der Waals surface area contributed by atoms with Gasteiger partial charge in [0.25, 0.3) is 0 Å². The summed E-state index contributed by atoms with van der Waals surface area (Å²) in [6, 6.07) is 5.96. The summed E-state index contributed by atoms with van der Waals surface area (Å²) in [7, 11) is -3.53. The molecule has 0 radical (unpaired) electrons. The van der Waals surface area contributed by atoms with Gasteiger partial charge < -0.3 is 10.2 Å². The van der Waals surface area contributed by atoms with E-state index in [9.17, 15) is 13.2 Å². The zero-order chi connectivity index (χ0) is 15.5. The van der Waals surface area contributed by atoms with Crippen LogP contribution in [0, 0.1) is 5.92 Å². The fourth-order valence-corrected chi connectivity index (χ4v) is 3.90. The molecule has 1 aromatic carbocycles. The maximum absolute atomic E-state index is 12.5. The van der Waals surface area contributed by atoms with Gasteiger partial charge in [0.2, 0.25) is 10.0 Å². The van der Waals surface area contributed by atoms with Crippen LogP contribution in [0.5, 0.6) is 0 Å². The van der Waals surface area contributed by atoms with Crippen LogP contribution in [0.15, 0.2) is 29.2 Å². The Morgan fingerprint density at radius 3 is 2.24 bits per heavy atom. The number of aliphatic hydroxyl groups excluding tert-OH is 1. The van der Waals surface area contributed by atoms with Crippen molar-refractivity contribution in [1.29, 1.82) is 0 Å². The predicted octanol–water partition coefficient (Wildman–Crippen LogP) is 0.707. The van der Waals surface area contributed by atoms with Crippen molar-refractivity contribution in [3.63, 3.8) is 0 Å². The maximum atomic E-state index is 12.5. The van der Waals surface area contributed by atoms with Crippen molar-refractivity contribution in [3.05, 3.63) is 29.8 Å². The summed E-state index contributed by atoms with van der Waals surface area (Å²) in [6.07, 6.45) is 1.20. The summed E-state index contributed by atoms with van der Waals surface area (Å²) in [5, 5.41) is 17.8. The molecule has 1 aromatic rings. The number of aliphatic hydroxyl groups is 1. The third-order valence-corrected chi connectivity index (χ3v) is 5.66. The Labute approximate surface area is 124 Å². The smallest absolute Gasteiger partial charge is 0.307 e. The van der Waals surface area contributed by atoms with E-state index in [0.717, 1.165) is 0 Å². The number of benzene rings is 1. The molecule has 0 saturated carbocycles. The molecule has 1 heterocycles. The number of aliphatic carboxylic acids is 1. The quantitative estimate of drug-likeness (QED) is 0.834. The van der Waals surface area contributed by atoms with E-state index in [-0.39, 0.29) is 23.8 Å². The molecule has 1 saturated heterocycles. The van der Waals surface area contributed by atoms with Crippen LogP contribution >= 0.6 is 0 Å². The van der Waals surface area contributed by atoms with Gasteiger partial charge in [-0.15, -0.1) is 0 Å². The monoisotopic (exact) mass is 313 g/mol. The van der Waals surface area contributed by atoms with Crippen LogP contribution < -0.4 is 0 Å². The number of carboxylic acid groups (broad SMARTS) is 1. The molecular formula is C14H19NO5S. The first kappa shape index (κ1) is 15.9. The molecule has 0 bridgehead atoms. The molecule has 1 aliphatic rings. The molecule has 0 spiro atoms. The van der Waals surface area contributed by atoms with E-state index >= 15 is 0 Å². The first-order valence-electron chi connectivity index (χ1n) is 6.85. The van der Waals surface area contributed by atoms with Crippen molar-refractivity contribution in [1.82, 2.24) is 4.31 Å². The van der Waals surface area contributed by atoms with Crippen LogP contribution in [-0.2, 0) is 21.2 Å². The van der Waals surface area contributed by atoms with Gasteiger partial charge in [0, 0.05) is 19.7 Å². The van der Waals surface area contributed by atoms with Crippen LogP contribution in [0.2, 0.25) is 0 Å². The number of hydrogen-bond donors (Lipinski definition) is 2. The summed E-state index contributed by atoms with van der Waals surface area (Å²) in [5.74, 6) is -0.772. The second kappa shape index (κ2) is 6.55. The van der Waals surface area contributed by atoms with Gasteiger partial charge in [-0.1, -0.05) is 12.1 Å². The van der Waals surface area contributed by atoms with Crippen molar-refractivity contribution < 1.29 is 23.4 Å². The van der Waals surface area contributed by atoms with Gasteiger partial charge in [-0.05, 0) is 36.5 Å². The zero-order valence-electron chi connectivity index (χ0n) is 11.6. The molecule has 0 aromatic heterocycles. The van der Waals surface area contributed by atoms with Crippen molar-refractivity contribution in [2.24, 2.45) is 5.92 Å². The van der Waals surface area contributed by atoms with E-state index in [2.05, 4.69) is 0 Å². The predicted molar refractivity (Wildman–Crippen MR) is 76.4 cm³/mol. The van der Waals surface area contributed by atoms with Gasteiger partial charge in [0.05, 0.1) is 11.3 Å². The SMILES string of the molecule is O=C(O)Cc1ccc(S(=O)(=O)N2CCC(CO)CC2)cc1. The number of sulfonamides is 1. The Hall–Kier alpha value is -1.44. The second-order valence-corrected chi connectivity index (χ2v) is 7.18. The highest BCUT2D eigenvalue weighted by Crippen LogP contribution is 2.23. The number of hydrogen-bond acceptors (Lipinski definition) is 4. The maximum Gasteiger partial charge on any atom is 0.307 e. The van der Waals surface area contributed by atoms with E-state index in [1.807, 2.05) is 0 Å². The molecule has 21 heavy (non-hydrogen) atoms. The lowest BCUT2D eigenvalue weighted by molar-refractivity contribution is -0.136. The molecule has 116 valence electrons. The van der Waals surface area contributed by atoms with Gasteiger partial charge >= 0.3 is 5.97 Å². The highest BCUT2D eigenvalue weighted by Gasteiger charge is 2.28. The van der Waals surface area contributed by atoms with Gasteiger partial charge in [0.15, 0.2) is 0 Å². The topological polar surface area (TPSA) is 94.9 Å². The van der Waals surface area contributed by atoms with Crippen molar-refractivity contribution in [2.75, 3.05) is 19.7 Å². The molecule has 0 atom stereocenters. The van der Waals surface area contributed by atoms with E-state index in [0.29, 0.717) is 31.5 Å². The summed E-state index contributed by atoms with van der Waals surface area (Å²) < 4.78 is 26.3. The summed E-state index contributed by atoms with van der Waals surface area (Å²) in [6.45, 7) is 0.909. The average molecular weight is 313 g/mol. The standard InChI is InChI=1S/C14H19NO5S/c16-10-12-5-7-15(8-6-12)21(19,20)13-3-1-11(2-4-13)9-14(17)18/h1-4,12,16H,5-10H2,(H,17,18). The number of rotatable bonds is 5. The summed E-state index contributed by atoms with van der Waals surface area (Å²) in [5.41, 5.74) is 0.570. The van der Waals surface area contributed by atoms with Gasteiger partial charge in [-0.3, -0.25) is 4.79 Å². The first-order valence-corrected chi connectivity index (χ1v) is 8.29. The van der Waals surface area contributed by atoms with Crippen molar-refractivity contribution in [2.45, 2.75) is 24.2 Å². The Kier molecular flexibility index (Phi) is 4.97. The first-order chi connectivity index (χ1) is 9.93. The molecule has 0 unspecified atom stereocenters. The second-order valence-electron chi connectivity index (χ2n) is 5.24. The van der Waals surface area contributed by atoms with Crippen LogP contribution in [0.25, 0.3) is 0 Å². The van der Waals surface area contributed by atoms with E-state index < -0.39 is 16.0 Å². The van der Waals surface area contributed by atoms with Gasteiger partial charge in [-0.25, -0.2) is 8.42 Å². The lowest BCUT2D eigenvalue weighted by atomic mass is 10.00. The number of carbonyl (C=O) groups is 1. The highest BCUT2D eigenvalue weighted by molar-refractivity contribution is 7.89. The number of piperidine rings is 1. The molecule has 0 amide bonds. The largest absolute Gasteiger partial charge is 0.481 e. The molecular weight excluding hydrogens is 294 g/mol. The highest BCUT2D eigenvalue weighted by atomic mass is 32.2. The zero-order valence-corrected chi connectivity index (χ0v) is 12.4. The summed E-state index contributed by atoms with van der Waals surface area (Å²) >= 11 is 0. The van der Waals surface area contributed by atoms with E-state index in [1.165, 1.54) is 28.6 Å². The minimum atomic E-state index is -3.53. The molecule has 1 fully saturated rings. The Bertz CT molecular complexity index is 588. The molecule has 2 N–H and O–H groups in total. The third-order valence-electron chi connectivity index (χ3n) is 3.75. The number of carboxylic acids is 1. The average Bonchev–Trinajstić information content (AvgIpc) is 2.47. The van der Waals surface area contributed by atoms with Gasteiger partial charge in [-0.2, -0.15) is 4.31 Å². The van der Waals surface area contributed by atoms with E-state index in [1.54, 1.807) is 0 Å². The van der Waals surface area contributed by atoms with E-state index in [4.69, 9.17) is 10.2 Å². The Morgan fingerprint density at radius 1 is 1.19 bits per heavy atom. The van der Waals surface area contributed by atoms with Gasteiger partial charge in [0.1, 0.15) is 0 Å². The molecule has 0 aliphatic carbocycles. The molecule has 2 rings (SSSR count). The molecule has 6 nitrogen and oxygen atoms in total. The van der Waals surface area contributed by atoms with Crippen molar-refractivity contribution >= 4 is 16.0 Å². The minimum absolute atomic E-state index is 0.0950. The lowest BCUT2D eigenvalue weighted by Gasteiger charge is -2.30. The molecule has 1 aliphatic heterocycles. The van der Waals surface area contributed by atoms with Crippen LogP contribution in [0.3, 0.4) is 0 Å². The Balaban J connectivity index is 2.11. The third kappa shape index (κ3) is 3.81. The van der Waals surface area contributed by atoms with Crippen LogP contribution in [0.1, 0.15) is 18.4 Å². The Morgan fingerprint density at radius 2 is 1.76 bits per heavy atom. The fourth-order valence-electron chi connectivity index (χ4n) is 2.44. The van der Waals surface area contributed by atoms with Crippen molar-refractivity contribution in [3.8, 4) is 0 Å². The normalized spacial score (nSPS) is 17.8. The van der Waals surface area contributed by atoms with Crippen LogP contribution in [0.4, 0.5) is 0 Å². The lowest BCUT2D eigenvalue weighted by Crippen LogP contribution is -2.39. The minimum Gasteiger partial charge on any atom is -0.481 e. The number of nitrogens with zero attached hydrogens (tertiary/aromatic N) is 1.